The van der Waals surface area contributed by atoms with Crippen LogP contribution in [0.4, 0.5) is 5.69 Å². The molecule has 0 spiro atoms. The van der Waals surface area contributed by atoms with Gasteiger partial charge in [-0.25, -0.2) is 4.98 Å². The summed E-state index contributed by atoms with van der Waals surface area (Å²) in [6.07, 6.45) is 2.57. The van der Waals surface area contributed by atoms with E-state index in [0.29, 0.717) is 24.3 Å². The highest BCUT2D eigenvalue weighted by atomic mass is 16.2. The summed E-state index contributed by atoms with van der Waals surface area (Å²) in [6, 6.07) is 11.4. The van der Waals surface area contributed by atoms with Gasteiger partial charge in [0.15, 0.2) is 5.69 Å². The normalized spacial score (nSPS) is 10.9. The highest BCUT2D eigenvalue weighted by Gasteiger charge is 2.24. The third kappa shape index (κ3) is 3.50. The van der Waals surface area contributed by atoms with Crippen molar-refractivity contribution in [2.24, 2.45) is 0 Å². The lowest BCUT2D eigenvalue weighted by Crippen LogP contribution is -2.31. The Morgan fingerprint density at radius 2 is 1.82 bits per heavy atom. The Kier molecular flexibility index (Phi) is 5.78. The van der Waals surface area contributed by atoms with Crippen LogP contribution in [-0.4, -0.2) is 39.2 Å². The predicted molar refractivity (Wildman–Crippen MR) is 111 cm³/mol. The number of aryl methyl sites for hydroxylation is 2. The molecule has 0 saturated heterocycles. The lowest BCUT2D eigenvalue weighted by Gasteiger charge is -2.17. The van der Waals surface area contributed by atoms with Crippen LogP contribution in [0.3, 0.4) is 0 Å². The summed E-state index contributed by atoms with van der Waals surface area (Å²) in [4.78, 5) is 32.1. The number of imidazole rings is 1. The summed E-state index contributed by atoms with van der Waals surface area (Å²) in [5, 5.41) is 3.00. The Hall–Kier alpha value is -3.15. The van der Waals surface area contributed by atoms with Crippen molar-refractivity contribution in [3.8, 4) is 0 Å². The molecule has 2 heterocycles. The number of hydrogen-bond acceptors (Lipinski definition) is 3. The minimum absolute atomic E-state index is 0.169. The lowest BCUT2D eigenvalue weighted by molar-refractivity contribution is 0.0769. The van der Waals surface area contributed by atoms with Gasteiger partial charge in [-0.2, -0.15) is 0 Å². The number of amides is 2. The quantitative estimate of drug-likeness (QED) is 0.706. The first-order valence-corrected chi connectivity index (χ1v) is 9.67. The molecule has 3 rings (SSSR count). The molecule has 0 saturated carbocycles. The van der Waals surface area contributed by atoms with Crippen molar-refractivity contribution >= 4 is 23.0 Å². The van der Waals surface area contributed by atoms with Gasteiger partial charge in [-0.3, -0.25) is 14.0 Å². The number of nitrogens with one attached hydrogen (secondary N) is 1. The van der Waals surface area contributed by atoms with Crippen molar-refractivity contribution in [1.29, 1.82) is 0 Å². The number of rotatable bonds is 6. The SMILES string of the molecule is CCc1cccc(C)c1NC(=O)c1nc(C(=O)N(CC)CC)c2ccccn12. The molecule has 0 unspecified atom stereocenters. The van der Waals surface area contributed by atoms with Crippen LogP contribution in [0.5, 0.6) is 0 Å². The van der Waals surface area contributed by atoms with Crippen LogP contribution in [0.1, 0.15) is 53.0 Å². The average Bonchev–Trinajstić information content (AvgIpc) is 3.10. The monoisotopic (exact) mass is 378 g/mol. The predicted octanol–water partition coefficient (Wildman–Crippen LogP) is 3.94. The maximum absolute atomic E-state index is 13.1. The first-order chi connectivity index (χ1) is 13.5. The molecule has 0 aliphatic rings. The molecule has 2 amide bonds. The molecule has 1 N–H and O–H groups in total. The maximum atomic E-state index is 13.1. The van der Waals surface area contributed by atoms with Gasteiger partial charge in [0.1, 0.15) is 0 Å². The summed E-state index contributed by atoms with van der Waals surface area (Å²) in [5.41, 5.74) is 3.79. The zero-order chi connectivity index (χ0) is 20.3. The van der Waals surface area contributed by atoms with E-state index in [9.17, 15) is 9.59 Å². The van der Waals surface area contributed by atoms with Crippen LogP contribution in [0.15, 0.2) is 42.6 Å². The molecule has 0 atom stereocenters. The number of carbonyl (C=O) groups excluding carboxylic acids is 2. The van der Waals surface area contributed by atoms with Crippen molar-refractivity contribution < 1.29 is 9.59 Å². The second-order valence-corrected chi connectivity index (χ2v) is 6.63. The molecule has 2 aromatic heterocycles. The average molecular weight is 378 g/mol. The van der Waals surface area contributed by atoms with Gasteiger partial charge in [0, 0.05) is 25.0 Å². The molecule has 0 radical (unpaired) electrons. The molecule has 0 bridgehead atoms. The summed E-state index contributed by atoms with van der Waals surface area (Å²) in [5.74, 6) is -0.293. The van der Waals surface area contributed by atoms with Gasteiger partial charge in [0.05, 0.1) is 5.52 Å². The Bertz CT molecular complexity index is 1020. The molecular formula is C22H26N4O2. The fourth-order valence-electron chi connectivity index (χ4n) is 3.39. The Balaban J connectivity index is 2.05. The van der Waals surface area contributed by atoms with Gasteiger partial charge >= 0.3 is 0 Å². The van der Waals surface area contributed by atoms with E-state index >= 15 is 0 Å². The van der Waals surface area contributed by atoms with Gasteiger partial charge in [-0.15, -0.1) is 0 Å². The van der Waals surface area contributed by atoms with Crippen molar-refractivity contribution in [1.82, 2.24) is 14.3 Å². The summed E-state index contributed by atoms with van der Waals surface area (Å²) in [6.45, 7) is 9.05. The van der Waals surface area contributed by atoms with Crippen molar-refractivity contribution in [3.63, 3.8) is 0 Å². The van der Waals surface area contributed by atoms with Crippen LogP contribution in [0.25, 0.3) is 5.52 Å². The number of carbonyl (C=O) groups is 2. The van der Waals surface area contributed by atoms with Crippen LogP contribution >= 0.6 is 0 Å². The molecule has 0 aliphatic carbocycles. The summed E-state index contributed by atoms with van der Waals surface area (Å²) < 4.78 is 1.68. The van der Waals surface area contributed by atoms with Crippen molar-refractivity contribution in [2.45, 2.75) is 34.1 Å². The van der Waals surface area contributed by atoms with Crippen LogP contribution in [-0.2, 0) is 6.42 Å². The van der Waals surface area contributed by atoms with E-state index in [0.717, 1.165) is 23.2 Å². The molecule has 28 heavy (non-hydrogen) atoms. The lowest BCUT2D eigenvalue weighted by atomic mass is 10.1. The third-order valence-corrected chi connectivity index (χ3v) is 4.98. The van der Waals surface area contributed by atoms with Gasteiger partial charge in [0.25, 0.3) is 11.8 Å². The highest BCUT2D eigenvalue weighted by Crippen LogP contribution is 2.23. The number of nitrogens with zero attached hydrogens (tertiary/aromatic N) is 3. The van der Waals surface area contributed by atoms with E-state index < -0.39 is 0 Å². The Morgan fingerprint density at radius 1 is 1.07 bits per heavy atom. The zero-order valence-corrected chi connectivity index (χ0v) is 16.8. The molecule has 3 aromatic rings. The minimum atomic E-state index is -0.330. The molecule has 146 valence electrons. The molecular weight excluding hydrogens is 352 g/mol. The zero-order valence-electron chi connectivity index (χ0n) is 16.8. The Morgan fingerprint density at radius 3 is 2.50 bits per heavy atom. The van der Waals surface area contributed by atoms with Crippen molar-refractivity contribution in [3.05, 3.63) is 65.2 Å². The number of fused-ring (bicyclic) bond motifs is 1. The molecule has 1 aromatic carbocycles. The number of pyridine rings is 1. The van der Waals surface area contributed by atoms with Crippen LogP contribution < -0.4 is 5.32 Å². The number of aromatic nitrogens is 2. The first kappa shape index (κ1) is 19.6. The standard InChI is InChI=1S/C22H26N4O2/c1-5-16-12-10-11-15(4)18(16)24-21(27)20-23-19(22(28)25(6-2)7-3)17-13-8-9-14-26(17)20/h8-14H,5-7H2,1-4H3,(H,24,27). The van der Waals surface area contributed by atoms with E-state index in [1.54, 1.807) is 15.5 Å². The van der Waals surface area contributed by atoms with Gasteiger partial charge in [-0.1, -0.05) is 31.2 Å². The molecule has 6 heteroatoms. The van der Waals surface area contributed by atoms with Gasteiger partial charge < -0.3 is 10.2 Å². The fourth-order valence-corrected chi connectivity index (χ4v) is 3.39. The van der Waals surface area contributed by atoms with Gasteiger partial charge in [0.2, 0.25) is 5.82 Å². The number of hydrogen-bond donors (Lipinski definition) is 1. The molecule has 0 fully saturated rings. The van der Waals surface area contributed by atoms with E-state index in [-0.39, 0.29) is 17.6 Å². The van der Waals surface area contributed by atoms with Crippen LogP contribution in [0, 0.1) is 6.92 Å². The topological polar surface area (TPSA) is 66.7 Å². The minimum Gasteiger partial charge on any atom is -0.338 e. The van der Waals surface area contributed by atoms with E-state index in [1.165, 1.54) is 0 Å². The summed E-state index contributed by atoms with van der Waals surface area (Å²) >= 11 is 0. The highest BCUT2D eigenvalue weighted by molar-refractivity contribution is 6.06. The smallest absolute Gasteiger partial charge is 0.292 e. The number of anilines is 1. The second-order valence-electron chi connectivity index (χ2n) is 6.63. The number of para-hydroxylation sites is 1. The van der Waals surface area contributed by atoms with E-state index in [1.807, 2.05) is 57.2 Å². The van der Waals surface area contributed by atoms with Crippen molar-refractivity contribution in [2.75, 3.05) is 18.4 Å². The van der Waals surface area contributed by atoms with E-state index in [4.69, 9.17) is 0 Å². The molecule has 0 aliphatic heterocycles. The summed E-state index contributed by atoms with van der Waals surface area (Å²) in [7, 11) is 0. The second kappa shape index (κ2) is 8.25. The largest absolute Gasteiger partial charge is 0.338 e. The third-order valence-electron chi connectivity index (χ3n) is 4.98. The van der Waals surface area contributed by atoms with E-state index in [2.05, 4.69) is 17.2 Å². The fraction of sp³-hybridized carbons (Fsp3) is 0.318. The van der Waals surface area contributed by atoms with Gasteiger partial charge in [-0.05, 0) is 50.5 Å². The molecule has 6 nitrogen and oxygen atoms in total. The Labute approximate surface area is 165 Å². The van der Waals surface area contributed by atoms with Crippen LogP contribution in [0.2, 0.25) is 0 Å². The first-order valence-electron chi connectivity index (χ1n) is 9.67. The number of benzene rings is 1. The maximum Gasteiger partial charge on any atom is 0.292 e.